The molecule has 0 aliphatic rings. The number of hydrogen-bond donors (Lipinski definition) is 1. The smallest absolute Gasteiger partial charge is 0.145 e. The monoisotopic (exact) mass is 311 g/mol. The van der Waals surface area contributed by atoms with E-state index in [1.807, 2.05) is 24.3 Å². The van der Waals surface area contributed by atoms with Crippen molar-refractivity contribution >= 4 is 5.69 Å². The summed E-state index contributed by atoms with van der Waals surface area (Å²) >= 11 is 0. The van der Waals surface area contributed by atoms with Crippen LogP contribution in [0.3, 0.4) is 0 Å². The molecule has 0 amide bonds. The average molecular weight is 311 g/mol. The first-order valence-electron chi connectivity index (χ1n) is 8.30. The molecule has 0 spiro atoms. The number of rotatable bonds is 11. The van der Waals surface area contributed by atoms with E-state index in [1.54, 1.807) is 12.1 Å². The van der Waals surface area contributed by atoms with Gasteiger partial charge < -0.3 is 10.1 Å². The van der Waals surface area contributed by atoms with Crippen molar-refractivity contribution in [3.05, 3.63) is 36.0 Å². The van der Waals surface area contributed by atoms with Crippen LogP contribution < -0.4 is 10.1 Å². The molecular formula is C19H25N3O. The van der Waals surface area contributed by atoms with Gasteiger partial charge in [0.2, 0.25) is 0 Å². The first-order valence-corrected chi connectivity index (χ1v) is 8.30. The van der Waals surface area contributed by atoms with E-state index < -0.39 is 0 Å². The van der Waals surface area contributed by atoms with E-state index in [4.69, 9.17) is 15.3 Å². The zero-order chi connectivity index (χ0) is 16.8. The number of allylic oxidation sites excluding steroid dienone is 1. The fraction of sp³-hybridized carbons (Fsp3) is 0.474. The standard InChI is InChI=1S/C19H25N3O/c1-2-3-4-5-6-7-8-13-23-19-11-9-18(10-12-19)22-16-17(14-20)15-21/h9-12,16,22H,2-8,13H2,1H3. The minimum absolute atomic E-state index is 0.0456. The summed E-state index contributed by atoms with van der Waals surface area (Å²) in [5, 5.41) is 20.2. The maximum atomic E-state index is 8.65. The molecule has 4 heteroatoms. The summed E-state index contributed by atoms with van der Waals surface area (Å²) in [6.07, 6.45) is 10.3. The normalized spacial score (nSPS) is 9.52. The highest BCUT2D eigenvalue weighted by molar-refractivity contribution is 5.51. The Balaban J connectivity index is 2.21. The number of nitrogens with zero attached hydrogens (tertiary/aromatic N) is 2. The summed E-state index contributed by atoms with van der Waals surface area (Å²) in [5.41, 5.74) is 0.862. The minimum Gasteiger partial charge on any atom is -0.494 e. The first-order chi connectivity index (χ1) is 11.3. The predicted octanol–water partition coefficient (Wildman–Crippen LogP) is 5.16. The van der Waals surface area contributed by atoms with Crippen molar-refractivity contribution in [2.45, 2.75) is 51.9 Å². The lowest BCUT2D eigenvalue weighted by Gasteiger charge is -2.07. The van der Waals surface area contributed by atoms with E-state index in [9.17, 15) is 0 Å². The quantitative estimate of drug-likeness (QED) is 0.453. The molecule has 0 fully saturated rings. The molecule has 0 aliphatic heterocycles. The molecule has 1 aromatic carbocycles. The van der Waals surface area contributed by atoms with Gasteiger partial charge in [-0.05, 0) is 30.7 Å². The predicted molar refractivity (Wildman–Crippen MR) is 92.9 cm³/mol. The number of anilines is 1. The molecule has 1 aromatic rings. The Morgan fingerprint density at radius 2 is 1.61 bits per heavy atom. The van der Waals surface area contributed by atoms with Crippen molar-refractivity contribution in [1.29, 1.82) is 10.5 Å². The Labute approximate surface area is 139 Å². The molecule has 122 valence electrons. The summed E-state index contributed by atoms with van der Waals surface area (Å²) in [5.74, 6) is 0.839. The lowest BCUT2D eigenvalue weighted by Crippen LogP contribution is -1.97. The molecule has 0 atom stereocenters. The van der Waals surface area contributed by atoms with Crippen molar-refractivity contribution in [2.24, 2.45) is 0 Å². The molecule has 1 N–H and O–H groups in total. The van der Waals surface area contributed by atoms with Crippen LogP contribution in [0, 0.1) is 22.7 Å². The second-order valence-corrected chi connectivity index (χ2v) is 5.42. The third kappa shape index (κ3) is 8.53. The maximum absolute atomic E-state index is 8.65. The summed E-state index contributed by atoms with van der Waals surface area (Å²) in [7, 11) is 0. The SMILES string of the molecule is CCCCCCCCCOc1ccc(NC=C(C#N)C#N)cc1. The molecule has 4 nitrogen and oxygen atoms in total. The Morgan fingerprint density at radius 1 is 1.00 bits per heavy atom. The lowest BCUT2D eigenvalue weighted by molar-refractivity contribution is 0.304. The van der Waals surface area contributed by atoms with Crippen LogP contribution in [0.5, 0.6) is 5.75 Å². The molecule has 1 rings (SSSR count). The number of nitrogens with one attached hydrogen (secondary N) is 1. The van der Waals surface area contributed by atoms with E-state index in [1.165, 1.54) is 44.7 Å². The van der Waals surface area contributed by atoms with Crippen LogP contribution in [0.15, 0.2) is 36.0 Å². The Hall–Kier alpha value is -2.46. The van der Waals surface area contributed by atoms with E-state index in [0.717, 1.165) is 24.5 Å². The first kappa shape index (κ1) is 18.6. The number of unbranched alkanes of at least 4 members (excludes halogenated alkanes) is 6. The van der Waals surface area contributed by atoms with E-state index in [0.29, 0.717) is 0 Å². The van der Waals surface area contributed by atoms with Gasteiger partial charge in [-0.1, -0.05) is 45.4 Å². The summed E-state index contributed by atoms with van der Waals surface area (Å²) in [4.78, 5) is 0. The van der Waals surface area contributed by atoms with Gasteiger partial charge >= 0.3 is 0 Å². The maximum Gasteiger partial charge on any atom is 0.145 e. The minimum atomic E-state index is 0.0456. The third-order valence-corrected chi connectivity index (χ3v) is 3.50. The highest BCUT2D eigenvalue weighted by atomic mass is 16.5. The lowest BCUT2D eigenvalue weighted by atomic mass is 10.1. The molecule has 0 aromatic heterocycles. The topological polar surface area (TPSA) is 68.8 Å². The molecule has 0 aliphatic carbocycles. The van der Waals surface area contributed by atoms with Gasteiger partial charge in [-0.25, -0.2) is 0 Å². The zero-order valence-electron chi connectivity index (χ0n) is 13.8. The fourth-order valence-corrected chi connectivity index (χ4v) is 2.14. The second-order valence-electron chi connectivity index (χ2n) is 5.42. The van der Waals surface area contributed by atoms with Crippen LogP contribution in [-0.2, 0) is 0 Å². The Kier molecular flexibility index (Phi) is 9.80. The summed E-state index contributed by atoms with van der Waals surface area (Å²) in [6.45, 7) is 2.98. The molecular weight excluding hydrogens is 286 g/mol. The summed E-state index contributed by atoms with van der Waals surface area (Å²) in [6, 6.07) is 11.1. The van der Waals surface area contributed by atoms with Gasteiger partial charge in [-0.15, -0.1) is 0 Å². The zero-order valence-corrected chi connectivity index (χ0v) is 13.8. The summed E-state index contributed by atoms with van der Waals surface area (Å²) < 4.78 is 5.71. The van der Waals surface area contributed by atoms with E-state index in [2.05, 4.69) is 12.2 Å². The number of ether oxygens (including phenoxy) is 1. The van der Waals surface area contributed by atoms with Gasteiger partial charge in [0, 0.05) is 11.9 Å². The van der Waals surface area contributed by atoms with Crippen molar-refractivity contribution in [2.75, 3.05) is 11.9 Å². The van der Waals surface area contributed by atoms with Gasteiger partial charge in [0.25, 0.3) is 0 Å². The molecule has 0 saturated carbocycles. The van der Waals surface area contributed by atoms with Crippen molar-refractivity contribution < 1.29 is 4.74 Å². The van der Waals surface area contributed by atoms with Crippen LogP contribution in [0.2, 0.25) is 0 Å². The molecule has 0 radical (unpaired) electrons. The molecule has 0 heterocycles. The van der Waals surface area contributed by atoms with Gasteiger partial charge in [-0.2, -0.15) is 10.5 Å². The van der Waals surface area contributed by atoms with Crippen LogP contribution in [0.1, 0.15) is 51.9 Å². The highest BCUT2D eigenvalue weighted by Crippen LogP contribution is 2.16. The number of hydrogen-bond acceptors (Lipinski definition) is 4. The Bertz CT molecular complexity index is 533. The largest absolute Gasteiger partial charge is 0.494 e. The highest BCUT2D eigenvalue weighted by Gasteiger charge is 1.96. The average Bonchev–Trinajstić information content (AvgIpc) is 2.59. The van der Waals surface area contributed by atoms with Gasteiger partial charge in [0.1, 0.15) is 23.5 Å². The molecule has 0 unspecified atom stereocenters. The third-order valence-electron chi connectivity index (χ3n) is 3.50. The molecule has 0 saturated heterocycles. The van der Waals surface area contributed by atoms with Crippen LogP contribution in [0.25, 0.3) is 0 Å². The molecule has 0 bridgehead atoms. The van der Waals surface area contributed by atoms with Crippen LogP contribution >= 0.6 is 0 Å². The van der Waals surface area contributed by atoms with E-state index in [-0.39, 0.29) is 5.57 Å². The molecule has 23 heavy (non-hydrogen) atoms. The number of benzene rings is 1. The Morgan fingerprint density at radius 3 is 2.22 bits per heavy atom. The van der Waals surface area contributed by atoms with Crippen molar-refractivity contribution in [3.8, 4) is 17.9 Å². The van der Waals surface area contributed by atoms with Gasteiger partial charge in [0.05, 0.1) is 6.61 Å². The fourth-order valence-electron chi connectivity index (χ4n) is 2.14. The van der Waals surface area contributed by atoms with Crippen LogP contribution in [-0.4, -0.2) is 6.61 Å². The van der Waals surface area contributed by atoms with Crippen molar-refractivity contribution in [3.63, 3.8) is 0 Å². The number of nitriles is 2. The van der Waals surface area contributed by atoms with Gasteiger partial charge in [-0.3, -0.25) is 0 Å². The van der Waals surface area contributed by atoms with Crippen LogP contribution in [0.4, 0.5) is 5.69 Å². The van der Waals surface area contributed by atoms with E-state index >= 15 is 0 Å². The second kappa shape index (κ2) is 12.1. The van der Waals surface area contributed by atoms with Crippen molar-refractivity contribution in [1.82, 2.24) is 0 Å². The van der Waals surface area contributed by atoms with Gasteiger partial charge in [0.15, 0.2) is 0 Å².